The number of amides is 1. The standard InChI is InChI=1S/C16H16F2N2O3S.ClH/c17-16(18,8-19)9-20-15(21)14-4-3-13(24-14)10-1-2-11-12(7-10)23-6-5-22-11;/h1-4,7H,5-6,8-9,19H2,(H,20,21);1H. The molecule has 136 valence electrons. The molecule has 2 aromatic rings. The minimum absolute atomic E-state index is 0. The summed E-state index contributed by atoms with van der Waals surface area (Å²) in [5.41, 5.74) is 5.82. The smallest absolute Gasteiger partial charge is 0.277 e. The summed E-state index contributed by atoms with van der Waals surface area (Å²) in [6.45, 7) is -0.577. The van der Waals surface area contributed by atoms with Crippen LogP contribution in [-0.2, 0) is 0 Å². The lowest BCUT2D eigenvalue weighted by Gasteiger charge is -2.18. The quantitative estimate of drug-likeness (QED) is 0.823. The maximum atomic E-state index is 13.1. The molecule has 0 saturated heterocycles. The zero-order valence-corrected chi connectivity index (χ0v) is 14.7. The Kier molecular flexibility index (Phi) is 6.21. The summed E-state index contributed by atoms with van der Waals surface area (Å²) >= 11 is 1.22. The van der Waals surface area contributed by atoms with Gasteiger partial charge in [0.1, 0.15) is 13.2 Å². The molecular weight excluding hydrogens is 374 g/mol. The Morgan fingerprint density at radius 3 is 2.64 bits per heavy atom. The maximum absolute atomic E-state index is 13.1. The van der Waals surface area contributed by atoms with E-state index >= 15 is 0 Å². The van der Waals surface area contributed by atoms with Gasteiger partial charge in [-0.15, -0.1) is 23.7 Å². The van der Waals surface area contributed by atoms with Crippen molar-refractivity contribution in [3.8, 4) is 21.9 Å². The second-order valence-corrected chi connectivity index (χ2v) is 6.35. The molecule has 0 aliphatic carbocycles. The lowest BCUT2D eigenvalue weighted by molar-refractivity contribution is 0.0119. The molecule has 2 heterocycles. The highest BCUT2D eigenvalue weighted by molar-refractivity contribution is 7.17. The van der Waals surface area contributed by atoms with Crippen molar-refractivity contribution in [2.45, 2.75) is 5.92 Å². The Morgan fingerprint density at radius 2 is 1.92 bits per heavy atom. The molecule has 1 aromatic heterocycles. The van der Waals surface area contributed by atoms with Gasteiger partial charge in [-0.3, -0.25) is 4.79 Å². The highest BCUT2D eigenvalue weighted by Crippen LogP contribution is 2.36. The highest BCUT2D eigenvalue weighted by Gasteiger charge is 2.27. The van der Waals surface area contributed by atoms with Crippen LogP contribution in [0.3, 0.4) is 0 Å². The zero-order chi connectivity index (χ0) is 17.2. The van der Waals surface area contributed by atoms with Crippen LogP contribution in [0.5, 0.6) is 11.5 Å². The first-order valence-corrected chi connectivity index (χ1v) is 8.16. The van der Waals surface area contributed by atoms with Crippen LogP contribution in [0, 0.1) is 0 Å². The van der Waals surface area contributed by atoms with E-state index < -0.39 is 24.9 Å². The number of thiophene rings is 1. The first-order valence-electron chi connectivity index (χ1n) is 7.34. The molecule has 0 spiro atoms. The van der Waals surface area contributed by atoms with E-state index in [2.05, 4.69) is 5.32 Å². The van der Waals surface area contributed by atoms with Crippen LogP contribution in [0.25, 0.3) is 10.4 Å². The van der Waals surface area contributed by atoms with Gasteiger partial charge in [-0.25, -0.2) is 8.78 Å². The number of hydrogen-bond acceptors (Lipinski definition) is 5. The van der Waals surface area contributed by atoms with Crippen LogP contribution in [0.15, 0.2) is 30.3 Å². The van der Waals surface area contributed by atoms with Gasteiger partial charge >= 0.3 is 0 Å². The predicted octanol–water partition coefficient (Wildman–Crippen LogP) is 2.93. The Hall–Kier alpha value is -1.90. The lowest BCUT2D eigenvalue weighted by atomic mass is 10.1. The summed E-state index contributed by atoms with van der Waals surface area (Å²) in [5.74, 6) is -2.31. The molecule has 5 nitrogen and oxygen atoms in total. The molecule has 1 aliphatic heterocycles. The first-order chi connectivity index (χ1) is 11.5. The van der Waals surface area contributed by atoms with Crippen molar-refractivity contribution in [3.63, 3.8) is 0 Å². The van der Waals surface area contributed by atoms with Crippen LogP contribution < -0.4 is 20.5 Å². The molecule has 0 radical (unpaired) electrons. The summed E-state index contributed by atoms with van der Waals surface area (Å²) in [5, 5.41) is 2.20. The average molecular weight is 391 g/mol. The van der Waals surface area contributed by atoms with E-state index in [0.717, 1.165) is 10.4 Å². The first kappa shape index (κ1) is 19.4. The minimum Gasteiger partial charge on any atom is -0.486 e. The van der Waals surface area contributed by atoms with Gasteiger partial charge in [-0.05, 0) is 35.9 Å². The molecule has 0 saturated carbocycles. The second kappa shape index (κ2) is 7.99. The second-order valence-electron chi connectivity index (χ2n) is 5.27. The molecule has 0 atom stereocenters. The van der Waals surface area contributed by atoms with E-state index in [-0.39, 0.29) is 12.4 Å². The summed E-state index contributed by atoms with van der Waals surface area (Å²) in [4.78, 5) is 13.2. The Balaban J connectivity index is 0.00000225. The van der Waals surface area contributed by atoms with E-state index in [0.29, 0.717) is 29.6 Å². The maximum Gasteiger partial charge on any atom is 0.277 e. The zero-order valence-electron chi connectivity index (χ0n) is 13.1. The van der Waals surface area contributed by atoms with E-state index in [1.165, 1.54) is 11.3 Å². The molecule has 25 heavy (non-hydrogen) atoms. The summed E-state index contributed by atoms with van der Waals surface area (Å²) < 4.78 is 37.2. The number of carbonyl (C=O) groups is 1. The lowest BCUT2D eigenvalue weighted by Crippen LogP contribution is -2.41. The number of benzene rings is 1. The normalized spacial score (nSPS) is 13.1. The number of nitrogens with one attached hydrogen (secondary N) is 1. The minimum atomic E-state index is -3.11. The number of halogens is 3. The van der Waals surface area contributed by atoms with Gasteiger partial charge in [0.15, 0.2) is 11.5 Å². The van der Waals surface area contributed by atoms with Crippen LogP contribution in [0.4, 0.5) is 8.78 Å². The third-order valence-electron chi connectivity index (χ3n) is 3.46. The Morgan fingerprint density at radius 1 is 1.20 bits per heavy atom. The largest absolute Gasteiger partial charge is 0.486 e. The van der Waals surface area contributed by atoms with Crippen molar-refractivity contribution in [3.05, 3.63) is 35.2 Å². The van der Waals surface area contributed by atoms with Crippen molar-refractivity contribution < 1.29 is 23.0 Å². The van der Waals surface area contributed by atoms with Crippen LogP contribution in [0.2, 0.25) is 0 Å². The van der Waals surface area contributed by atoms with Gasteiger partial charge < -0.3 is 20.5 Å². The molecule has 3 rings (SSSR count). The van der Waals surface area contributed by atoms with E-state index in [9.17, 15) is 13.6 Å². The summed E-state index contributed by atoms with van der Waals surface area (Å²) in [7, 11) is 0. The van der Waals surface area contributed by atoms with Gasteiger partial charge in [-0.2, -0.15) is 0 Å². The van der Waals surface area contributed by atoms with E-state index in [4.69, 9.17) is 15.2 Å². The molecule has 1 amide bonds. The highest BCUT2D eigenvalue weighted by atomic mass is 35.5. The molecule has 0 unspecified atom stereocenters. The van der Waals surface area contributed by atoms with Crippen molar-refractivity contribution >= 4 is 29.7 Å². The molecule has 3 N–H and O–H groups in total. The third kappa shape index (κ3) is 4.59. The fourth-order valence-electron chi connectivity index (χ4n) is 2.18. The Bertz CT molecular complexity index is 755. The molecule has 1 aliphatic rings. The number of carbonyl (C=O) groups excluding carboxylic acids is 1. The number of alkyl halides is 2. The number of rotatable bonds is 5. The predicted molar refractivity (Wildman–Crippen MR) is 94.3 cm³/mol. The SMILES string of the molecule is Cl.NCC(F)(F)CNC(=O)c1ccc(-c2ccc3c(c2)OCCO3)s1. The van der Waals surface area contributed by atoms with Gasteiger partial charge in [-0.1, -0.05) is 0 Å². The van der Waals surface area contributed by atoms with Gasteiger partial charge in [0.25, 0.3) is 11.8 Å². The average Bonchev–Trinajstić information content (AvgIpc) is 3.09. The van der Waals surface area contributed by atoms with Gasteiger partial charge in [0.2, 0.25) is 0 Å². The van der Waals surface area contributed by atoms with Crippen molar-refractivity contribution in [1.29, 1.82) is 0 Å². The number of fused-ring (bicyclic) bond motifs is 1. The van der Waals surface area contributed by atoms with Gasteiger partial charge in [0.05, 0.1) is 18.0 Å². The van der Waals surface area contributed by atoms with Crippen molar-refractivity contribution in [1.82, 2.24) is 5.32 Å². The molecule has 0 bridgehead atoms. The van der Waals surface area contributed by atoms with Crippen LogP contribution in [0.1, 0.15) is 9.67 Å². The van der Waals surface area contributed by atoms with Crippen molar-refractivity contribution in [2.75, 3.05) is 26.3 Å². The fourth-order valence-corrected chi connectivity index (χ4v) is 3.10. The van der Waals surface area contributed by atoms with Crippen LogP contribution in [-0.4, -0.2) is 38.1 Å². The molecule has 0 fully saturated rings. The van der Waals surface area contributed by atoms with Crippen molar-refractivity contribution in [2.24, 2.45) is 5.73 Å². The van der Waals surface area contributed by atoms with Gasteiger partial charge in [0, 0.05) is 4.88 Å². The summed E-state index contributed by atoms with van der Waals surface area (Å²) in [6.07, 6.45) is 0. The fraction of sp³-hybridized carbons (Fsp3) is 0.312. The van der Waals surface area contributed by atoms with E-state index in [1.807, 2.05) is 18.2 Å². The van der Waals surface area contributed by atoms with Crippen LogP contribution >= 0.6 is 23.7 Å². The third-order valence-corrected chi connectivity index (χ3v) is 4.60. The number of ether oxygens (including phenoxy) is 2. The topological polar surface area (TPSA) is 73.6 Å². The monoisotopic (exact) mass is 390 g/mol. The Labute approximate surface area is 153 Å². The van der Waals surface area contributed by atoms with E-state index in [1.54, 1.807) is 12.1 Å². The molecule has 1 aromatic carbocycles. The number of hydrogen-bond donors (Lipinski definition) is 2. The summed E-state index contributed by atoms with van der Waals surface area (Å²) in [6, 6.07) is 8.89. The number of nitrogens with two attached hydrogens (primary N) is 1. The molecular formula is C16H17ClF2N2O3S. The molecule has 9 heteroatoms.